The van der Waals surface area contributed by atoms with Gasteiger partial charge in [-0.25, -0.2) is 14.6 Å². The van der Waals surface area contributed by atoms with Gasteiger partial charge in [0.15, 0.2) is 0 Å². The molecule has 6 heteroatoms. The van der Waals surface area contributed by atoms with Gasteiger partial charge in [-0.1, -0.05) is 24.3 Å². The van der Waals surface area contributed by atoms with Gasteiger partial charge in [0.2, 0.25) is 0 Å². The van der Waals surface area contributed by atoms with Gasteiger partial charge in [0.25, 0.3) is 0 Å². The molecule has 0 N–H and O–H groups in total. The van der Waals surface area contributed by atoms with E-state index in [4.69, 9.17) is 4.74 Å². The van der Waals surface area contributed by atoms with Crippen LogP contribution in [0.4, 0.5) is 0 Å². The molecule has 0 amide bonds. The Morgan fingerprint density at radius 2 is 2.00 bits per heavy atom. The largest absolute Gasteiger partial charge is 0.457 e. The molecule has 22 heavy (non-hydrogen) atoms. The fourth-order valence-corrected chi connectivity index (χ4v) is 2.00. The minimum atomic E-state index is 0.289. The van der Waals surface area contributed by atoms with E-state index in [2.05, 4.69) is 27.2 Å². The molecular weight excluding hydrogens is 278 g/mol. The summed E-state index contributed by atoms with van der Waals surface area (Å²) in [7, 11) is 0. The molecule has 0 unspecified atom stereocenters. The number of nitrogens with zero attached hydrogens (tertiary/aromatic N) is 5. The molecule has 0 radical (unpaired) electrons. The SMILES string of the molecule is CCc1cnc(OCc2cn(-c3cccc(C)c3)nn2)nc1. The fourth-order valence-electron chi connectivity index (χ4n) is 2.00. The van der Waals surface area contributed by atoms with Crippen molar-refractivity contribution in [1.82, 2.24) is 25.0 Å². The van der Waals surface area contributed by atoms with E-state index < -0.39 is 0 Å². The highest BCUT2D eigenvalue weighted by Gasteiger charge is 2.05. The number of aromatic nitrogens is 5. The predicted molar refractivity (Wildman–Crippen MR) is 81.8 cm³/mol. The third-order valence-electron chi connectivity index (χ3n) is 3.25. The highest BCUT2D eigenvalue weighted by molar-refractivity contribution is 5.34. The van der Waals surface area contributed by atoms with Crippen LogP contribution in [0.1, 0.15) is 23.7 Å². The van der Waals surface area contributed by atoms with Crippen molar-refractivity contribution in [1.29, 1.82) is 0 Å². The van der Waals surface area contributed by atoms with E-state index in [1.807, 2.05) is 37.4 Å². The summed E-state index contributed by atoms with van der Waals surface area (Å²) in [6.45, 7) is 4.39. The third kappa shape index (κ3) is 3.28. The van der Waals surface area contributed by atoms with Gasteiger partial charge in [-0.3, -0.25) is 0 Å². The minimum Gasteiger partial charge on any atom is -0.457 e. The number of rotatable bonds is 5. The van der Waals surface area contributed by atoms with Crippen LogP contribution >= 0.6 is 0 Å². The number of hydrogen-bond acceptors (Lipinski definition) is 5. The lowest BCUT2D eigenvalue weighted by molar-refractivity contribution is 0.276. The van der Waals surface area contributed by atoms with E-state index in [9.17, 15) is 0 Å². The molecule has 0 atom stereocenters. The van der Waals surface area contributed by atoms with Crippen LogP contribution in [0, 0.1) is 6.92 Å². The molecule has 0 saturated heterocycles. The fraction of sp³-hybridized carbons (Fsp3) is 0.250. The summed E-state index contributed by atoms with van der Waals surface area (Å²) in [4.78, 5) is 8.31. The second-order valence-corrected chi connectivity index (χ2v) is 5.01. The normalized spacial score (nSPS) is 10.6. The Bertz CT molecular complexity index is 751. The molecule has 3 rings (SSSR count). The molecule has 0 aliphatic rings. The van der Waals surface area contributed by atoms with Crippen LogP contribution in [0.5, 0.6) is 6.01 Å². The first-order valence-electron chi connectivity index (χ1n) is 7.16. The van der Waals surface area contributed by atoms with Crippen molar-refractivity contribution in [3.8, 4) is 11.7 Å². The maximum Gasteiger partial charge on any atom is 0.316 e. The lowest BCUT2D eigenvalue weighted by Crippen LogP contribution is -2.00. The van der Waals surface area contributed by atoms with Crippen molar-refractivity contribution in [2.75, 3.05) is 0 Å². The molecule has 2 heterocycles. The summed E-state index contributed by atoms with van der Waals surface area (Å²) in [6.07, 6.45) is 6.29. The standard InChI is InChI=1S/C16H17N5O/c1-3-13-8-17-16(18-9-13)22-11-14-10-21(20-19-14)15-6-4-5-12(2)7-15/h4-10H,3,11H2,1-2H3. The zero-order valence-corrected chi connectivity index (χ0v) is 12.6. The van der Waals surface area contributed by atoms with Crippen molar-refractivity contribution in [3.05, 3.63) is 59.7 Å². The van der Waals surface area contributed by atoms with Crippen molar-refractivity contribution < 1.29 is 4.74 Å². The summed E-state index contributed by atoms with van der Waals surface area (Å²) in [5, 5.41) is 8.22. The van der Waals surface area contributed by atoms with E-state index in [0.717, 1.165) is 23.4 Å². The number of hydrogen-bond donors (Lipinski definition) is 0. The van der Waals surface area contributed by atoms with E-state index in [0.29, 0.717) is 6.01 Å². The topological polar surface area (TPSA) is 65.7 Å². The van der Waals surface area contributed by atoms with Crippen LogP contribution in [0.15, 0.2) is 42.9 Å². The predicted octanol–water partition coefficient (Wildman–Crippen LogP) is 2.51. The summed E-state index contributed by atoms with van der Waals surface area (Å²) in [6, 6.07) is 8.42. The Hall–Kier alpha value is -2.76. The zero-order valence-electron chi connectivity index (χ0n) is 12.6. The van der Waals surface area contributed by atoms with Gasteiger partial charge in [-0.15, -0.1) is 5.10 Å². The van der Waals surface area contributed by atoms with Gasteiger partial charge in [0, 0.05) is 12.4 Å². The maximum absolute atomic E-state index is 5.53. The summed E-state index contributed by atoms with van der Waals surface area (Å²) in [5.41, 5.74) is 3.96. The van der Waals surface area contributed by atoms with Gasteiger partial charge in [-0.2, -0.15) is 0 Å². The summed E-state index contributed by atoms with van der Waals surface area (Å²) in [5.74, 6) is 0. The maximum atomic E-state index is 5.53. The molecule has 2 aromatic heterocycles. The van der Waals surface area contributed by atoms with Gasteiger partial charge >= 0.3 is 6.01 Å². The van der Waals surface area contributed by atoms with Gasteiger partial charge in [-0.05, 0) is 36.6 Å². The molecule has 3 aromatic rings. The quantitative estimate of drug-likeness (QED) is 0.723. The lowest BCUT2D eigenvalue weighted by Gasteiger charge is -2.02. The second-order valence-electron chi connectivity index (χ2n) is 5.01. The van der Waals surface area contributed by atoms with Crippen LogP contribution in [-0.4, -0.2) is 25.0 Å². The number of benzene rings is 1. The second kappa shape index (κ2) is 6.34. The van der Waals surface area contributed by atoms with Crippen molar-refractivity contribution in [2.24, 2.45) is 0 Å². The van der Waals surface area contributed by atoms with Crippen LogP contribution in [0.2, 0.25) is 0 Å². The lowest BCUT2D eigenvalue weighted by atomic mass is 10.2. The Morgan fingerprint density at radius 3 is 2.73 bits per heavy atom. The van der Waals surface area contributed by atoms with Crippen molar-refractivity contribution in [2.45, 2.75) is 26.9 Å². The molecule has 6 nitrogen and oxygen atoms in total. The molecule has 112 valence electrons. The average Bonchev–Trinajstić information content (AvgIpc) is 3.02. The molecule has 0 aliphatic carbocycles. The highest BCUT2D eigenvalue weighted by Crippen LogP contribution is 2.10. The summed E-state index contributed by atoms with van der Waals surface area (Å²) >= 11 is 0. The molecule has 0 fully saturated rings. The molecule has 0 aliphatic heterocycles. The van der Waals surface area contributed by atoms with Gasteiger partial charge in [0.1, 0.15) is 12.3 Å². The summed E-state index contributed by atoms with van der Waals surface area (Å²) < 4.78 is 7.26. The Balaban J connectivity index is 1.66. The highest BCUT2D eigenvalue weighted by atomic mass is 16.5. The smallest absolute Gasteiger partial charge is 0.316 e. The first-order chi connectivity index (χ1) is 10.7. The molecule has 0 spiro atoms. The zero-order chi connectivity index (χ0) is 15.4. The number of aryl methyl sites for hydroxylation is 2. The van der Waals surface area contributed by atoms with Crippen LogP contribution in [-0.2, 0) is 13.0 Å². The van der Waals surface area contributed by atoms with E-state index in [-0.39, 0.29) is 6.61 Å². The van der Waals surface area contributed by atoms with E-state index in [1.54, 1.807) is 17.1 Å². The molecule has 0 bridgehead atoms. The van der Waals surface area contributed by atoms with Gasteiger partial charge in [0.05, 0.1) is 11.9 Å². The van der Waals surface area contributed by atoms with Crippen LogP contribution in [0.3, 0.4) is 0 Å². The van der Waals surface area contributed by atoms with Crippen molar-refractivity contribution >= 4 is 0 Å². The Labute approximate surface area is 128 Å². The Morgan fingerprint density at radius 1 is 1.18 bits per heavy atom. The van der Waals surface area contributed by atoms with Gasteiger partial charge < -0.3 is 4.74 Å². The average molecular weight is 295 g/mol. The third-order valence-corrected chi connectivity index (χ3v) is 3.25. The van der Waals surface area contributed by atoms with E-state index in [1.165, 1.54) is 5.56 Å². The van der Waals surface area contributed by atoms with Crippen molar-refractivity contribution in [3.63, 3.8) is 0 Å². The van der Waals surface area contributed by atoms with Crippen LogP contribution < -0.4 is 4.74 Å². The minimum absolute atomic E-state index is 0.289. The monoisotopic (exact) mass is 295 g/mol. The molecular formula is C16H17N5O. The molecule has 0 saturated carbocycles. The molecule has 1 aromatic carbocycles. The Kier molecular flexibility index (Phi) is 4.09. The van der Waals surface area contributed by atoms with Crippen LogP contribution in [0.25, 0.3) is 5.69 Å². The first-order valence-corrected chi connectivity index (χ1v) is 7.16. The number of ether oxygens (including phenoxy) is 1. The first kappa shape index (κ1) is 14.2. The van der Waals surface area contributed by atoms with E-state index >= 15 is 0 Å².